The molecule has 1 nitrogen and oxygen atoms in total. The highest BCUT2D eigenvalue weighted by molar-refractivity contribution is 5.35. The van der Waals surface area contributed by atoms with Crippen LogP contribution in [-0.2, 0) is 0 Å². The molecular formula is C9H11N. The Balaban J connectivity index is 4.28. The molecule has 0 unspecified atom stereocenters. The molecule has 0 aliphatic heterocycles. The lowest BCUT2D eigenvalue weighted by Gasteiger charge is -1.92. The van der Waals surface area contributed by atoms with Crippen molar-refractivity contribution in [2.75, 3.05) is 0 Å². The molecule has 0 N–H and O–H groups in total. The highest BCUT2D eigenvalue weighted by atomic mass is 14.2. The molecule has 0 saturated carbocycles. The van der Waals surface area contributed by atoms with Crippen LogP contribution in [0.15, 0.2) is 36.5 Å². The Hall–Kier alpha value is -1.29. The van der Waals surface area contributed by atoms with E-state index in [1.54, 1.807) is 12.2 Å². The first-order chi connectivity index (χ1) is 4.74. The molecule has 0 aromatic rings. The van der Waals surface area contributed by atoms with Crippen LogP contribution in [0.4, 0.5) is 0 Å². The van der Waals surface area contributed by atoms with Crippen LogP contribution in [0.3, 0.4) is 0 Å². The van der Waals surface area contributed by atoms with Gasteiger partial charge in [-0.15, -0.1) is 0 Å². The maximum Gasteiger partial charge on any atom is 0.0985 e. The first kappa shape index (κ1) is 8.71. The van der Waals surface area contributed by atoms with Crippen LogP contribution in [0.5, 0.6) is 0 Å². The maximum absolute atomic E-state index is 8.35. The zero-order valence-corrected chi connectivity index (χ0v) is 6.22. The molecule has 0 spiro atoms. The van der Waals surface area contributed by atoms with E-state index in [-0.39, 0.29) is 0 Å². The minimum atomic E-state index is 0.483. The summed E-state index contributed by atoms with van der Waals surface area (Å²) >= 11 is 0. The third kappa shape index (κ3) is 2.88. The summed E-state index contributed by atoms with van der Waals surface area (Å²) in [5.74, 6) is 0. The summed E-state index contributed by atoms with van der Waals surface area (Å²) in [6.07, 6.45) is 4.37. The predicted octanol–water partition coefficient (Wildman–Crippen LogP) is 2.59. The fourth-order valence-electron chi connectivity index (χ4n) is 0.561. The molecule has 0 aromatic heterocycles. The van der Waals surface area contributed by atoms with Crippen molar-refractivity contribution < 1.29 is 0 Å². The van der Waals surface area contributed by atoms with E-state index in [1.165, 1.54) is 0 Å². The summed E-state index contributed by atoms with van der Waals surface area (Å²) in [5, 5.41) is 8.35. The predicted molar refractivity (Wildman–Crippen MR) is 43.3 cm³/mol. The van der Waals surface area contributed by atoms with Crippen molar-refractivity contribution in [3.05, 3.63) is 36.5 Å². The van der Waals surface area contributed by atoms with Gasteiger partial charge in [0, 0.05) is 5.57 Å². The summed E-state index contributed by atoms with van der Waals surface area (Å²) in [6.45, 7) is 9.14. The van der Waals surface area contributed by atoms with E-state index in [0.29, 0.717) is 5.57 Å². The minimum Gasteiger partial charge on any atom is -0.192 e. The standard InChI is InChI=1S/C9H11N/c1-4-9(5-2)6-8(3)7-10/h4,6H,1,3,5H2,2H3/b9-6+. The number of allylic oxidation sites excluding steroid dienone is 4. The van der Waals surface area contributed by atoms with Crippen LogP contribution < -0.4 is 0 Å². The highest BCUT2D eigenvalue weighted by Gasteiger charge is 1.87. The fraction of sp³-hybridized carbons (Fsp3) is 0.222. The molecule has 0 radical (unpaired) electrons. The quantitative estimate of drug-likeness (QED) is 0.429. The molecule has 0 aromatic carbocycles. The van der Waals surface area contributed by atoms with Gasteiger partial charge in [-0.1, -0.05) is 26.2 Å². The SMILES string of the molecule is C=C/C(=C\C(=C)C#N)CC. The van der Waals surface area contributed by atoms with E-state index in [1.807, 2.05) is 13.0 Å². The fourth-order valence-corrected chi connectivity index (χ4v) is 0.561. The number of hydrogen-bond donors (Lipinski definition) is 0. The number of hydrogen-bond acceptors (Lipinski definition) is 1. The van der Waals surface area contributed by atoms with Gasteiger partial charge in [0.1, 0.15) is 0 Å². The highest BCUT2D eigenvalue weighted by Crippen LogP contribution is 2.04. The maximum atomic E-state index is 8.35. The molecular weight excluding hydrogens is 122 g/mol. The smallest absolute Gasteiger partial charge is 0.0985 e. The van der Waals surface area contributed by atoms with E-state index in [9.17, 15) is 0 Å². The summed E-state index contributed by atoms with van der Waals surface area (Å²) in [6, 6.07) is 1.95. The van der Waals surface area contributed by atoms with Crippen molar-refractivity contribution in [1.29, 1.82) is 5.26 Å². The lowest BCUT2D eigenvalue weighted by molar-refractivity contribution is 1.15. The van der Waals surface area contributed by atoms with Crippen molar-refractivity contribution in [3.63, 3.8) is 0 Å². The lowest BCUT2D eigenvalue weighted by atomic mass is 10.1. The van der Waals surface area contributed by atoms with Gasteiger partial charge < -0.3 is 0 Å². The van der Waals surface area contributed by atoms with Gasteiger partial charge in [-0.3, -0.25) is 0 Å². The Bertz CT molecular complexity index is 203. The second-order valence-electron chi connectivity index (χ2n) is 1.91. The Morgan fingerprint density at radius 2 is 2.30 bits per heavy atom. The van der Waals surface area contributed by atoms with Crippen LogP contribution in [0, 0.1) is 11.3 Å². The van der Waals surface area contributed by atoms with Crippen molar-refractivity contribution in [3.8, 4) is 6.07 Å². The van der Waals surface area contributed by atoms with Gasteiger partial charge in [0.2, 0.25) is 0 Å². The first-order valence-electron chi connectivity index (χ1n) is 3.16. The van der Waals surface area contributed by atoms with E-state index in [4.69, 9.17) is 5.26 Å². The van der Waals surface area contributed by atoms with E-state index in [2.05, 4.69) is 13.2 Å². The van der Waals surface area contributed by atoms with Gasteiger partial charge in [0.15, 0.2) is 0 Å². The van der Waals surface area contributed by atoms with Crippen molar-refractivity contribution in [2.45, 2.75) is 13.3 Å². The molecule has 0 aliphatic rings. The third-order valence-corrected chi connectivity index (χ3v) is 1.17. The molecule has 52 valence electrons. The second-order valence-corrected chi connectivity index (χ2v) is 1.91. The molecule has 0 bridgehead atoms. The topological polar surface area (TPSA) is 23.8 Å². The normalized spacial score (nSPS) is 10.2. The van der Waals surface area contributed by atoms with Crippen LogP contribution in [-0.4, -0.2) is 0 Å². The van der Waals surface area contributed by atoms with Crippen LogP contribution in [0.2, 0.25) is 0 Å². The Morgan fingerprint density at radius 1 is 1.70 bits per heavy atom. The van der Waals surface area contributed by atoms with Crippen molar-refractivity contribution in [2.24, 2.45) is 0 Å². The van der Waals surface area contributed by atoms with Gasteiger partial charge in [0.05, 0.1) is 6.07 Å². The number of nitriles is 1. The van der Waals surface area contributed by atoms with Crippen LogP contribution in [0.25, 0.3) is 0 Å². The summed E-state index contributed by atoms with van der Waals surface area (Å²) in [5.41, 5.74) is 1.53. The van der Waals surface area contributed by atoms with Gasteiger partial charge in [-0.25, -0.2) is 0 Å². The van der Waals surface area contributed by atoms with Crippen molar-refractivity contribution >= 4 is 0 Å². The molecule has 0 atom stereocenters. The van der Waals surface area contributed by atoms with E-state index in [0.717, 1.165) is 12.0 Å². The van der Waals surface area contributed by atoms with Gasteiger partial charge in [0.25, 0.3) is 0 Å². The third-order valence-electron chi connectivity index (χ3n) is 1.17. The van der Waals surface area contributed by atoms with E-state index < -0.39 is 0 Å². The molecule has 0 fully saturated rings. The average Bonchev–Trinajstić information content (AvgIpc) is 1.99. The summed E-state index contributed by atoms with van der Waals surface area (Å²) < 4.78 is 0. The van der Waals surface area contributed by atoms with Gasteiger partial charge in [-0.05, 0) is 18.1 Å². The minimum absolute atomic E-state index is 0.483. The molecule has 1 heteroatoms. The molecule has 0 aliphatic carbocycles. The first-order valence-corrected chi connectivity index (χ1v) is 3.16. The number of nitrogens with zero attached hydrogens (tertiary/aromatic N) is 1. The zero-order valence-electron chi connectivity index (χ0n) is 6.22. The molecule has 0 amide bonds. The molecule has 0 rings (SSSR count). The second kappa shape index (κ2) is 4.58. The van der Waals surface area contributed by atoms with Gasteiger partial charge in [-0.2, -0.15) is 5.26 Å². The monoisotopic (exact) mass is 133 g/mol. The van der Waals surface area contributed by atoms with Crippen molar-refractivity contribution in [1.82, 2.24) is 0 Å². The van der Waals surface area contributed by atoms with E-state index >= 15 is 0 Å². The average molecular weight is 133 g/mol. The largest absolute Gasteiger partial charge is 0.192 e. The Kier molecular flexibility index (Phi) is 3.99. The Morgan fingerprint density at radius 3 is 2.60 bits per heavy atom. The summed E-state index contributed by atoms with van der Waals surface area (Å²) in [7, 11) is 0. The lowest BCUT2D eigenvalue weighted by Crippen LogP contribution is -1.75. The molecule has 0 heterocycles. The zero-order chi connectivity index (χ0) is 7.98. The van der Waals surface area contributed by atoms with Gasteiger partial charge >= 0.3 is 0 Å². The molecule has 0 saturated heterocycles. The molecule has 10 heavy (non-hydrogen) atoms. The summed E-state index contributed by atoms with van der Waals surface area (Å²) in [4.78, 5) is 0. The van der Waals surface area contributed by atoms with Crippen LogP contribution in [0.1, 0.15) is 13.3 Å². The number of rotatable bonds is 3. The Labute approximate surface area is 62.0 Å². The van der Waals surface area contributed by atoms with Crippen LogP contribution >= 0.6 is 0 Å².